The zero-order valence-electron chi connectivity index (χ0n) is 11.6. The van der Waals surface area contributed by atoms with Crippen LogP contribution in [0.1, 0.15) is 29.8 Å². The van der Waals surface area contributed by atoms with Gasteiger partial charge >= 0.3 is 0 Å². The van der Waals surface area contributed by atoms with Gasteiger partial charge in [-0.05, 0) is 40.5 Å². The van der Waals surface area contributed by atoms with E-state index in [9.17, 15) is 0 Å². The Morgan fingerprint density at radius 2 is 1.80 bits per heavy atom. The minimum absolute atomic E-state index is 0.171. The molecule has 1 atom stereocenters. The molecule has 0 aliphatic carbocycles. The second-order valence-electron chi connectivity index (χ2n) is 4.99. The number of hydrogen-bond acceptors (Lipinski definition) is 2. The van der Waals surface area contributed by atoms with Crippen molar-refractivity contribution in [1.29, 1.82) is 0 Å². The zero-order valence-corrected chi connectivity index (χ0v) is 11.6. The van der Waals surface area contributed by atoms with Crippen LogP contribution in [0.2, 0.25) is 0 Å². The Hall–Kier alpha value is -2.19. The standard InChI is InChI=1S/C18H18N2/c1-2-13-8-5-11-20-18(13)17(19)16-10-9-14-6-3-4-7-15(14)12-16/h3-12,17H,2,19H2,1H3. The fourth-order valence-electron chi connectivity index (χ4n) is 2.59. The number of nitrogens with zero attached hydrogens (tertiary/aromatic N) is 1. The van der Waals surface area contributed by atoms with E-state index in [1.54, 1.807) is 0 Å². The summed E-state index contributed by atoms with van der Waals surface area (Å²) >= 11 is 0. The first-order chi connectivity index (χ1) is 9.79. The average molecular weight is 262 g/mol. The maximum Gasteiger partial charge on any atom is 0.0729 e. The molecule has 2 aromatic carbocycles. The normalized spacial score (nSPS) is 12.5. The third-order valence-corrected chi connectivity index (χ3v) is 3.73. The largest absolute Gasteiger partial charge is 0.319 e. The summed E-state index contributed by atoms with van der Waals surface area (Å²) in [4.78, 5) is 4.48. The lowest BCUT2D eigenvalue weighted by Crippen LogP contribution is -2.15. The molecule has 100 valence electrons. The number of hydrogen-bond donors (Lipinski definition) is 1. The first kappa shape index (κ1) is 12.8. The van der Waals surface area contributed by atoms with Crippen molar-refractivity contribution in [2.75, 3.05) is 0 Å². The first-order valence-corrected chi connectivity index (χ1v) is 6.97. The van der Waals surface area contributed by atoms with Crippen LogP contribution in [-0.2, 0) is 6.42 Å². The molecule has 20 heavy (non-hydrogen) atoms. The van der Waals surface area contributed by atoms with Crippen molar-refractivity contribution in [3.8, 4) is 0 Å². The van der Waals surface area contributed by atoms with Gasteiger partial charge in [0.25, 0.3) is 0 Å². The van der Waals surface area contributed by atoms with E-state index in [0.717, 1.165) is 17.7 Å². The number of nitrogens with two attached hydrogens (primary N) is 1. The molecule has 0 fully saturated rings. The lowest BCUT2D eigenvalue weighted by Gasteiger charge is -2.15. The third-order valence-electron chi connectivity index (χ3n) is 3.73. The number of benzene rings is 2. The van der Waals surface area contributed by atoms with Gasteiger partial charge in [0.15, 0.2) is 0 Å². The average Bonchev–Trinajstić information content (AvgIpc) is 2.53. The molecule has 0 saturated heterocycles. The van der Waals surface area contributed by atoms with Crippen molar-refractivity contribution >= 4 is 10.8 Å². The molecule has 1 aromatic heterocycles. The highest BCUT2D eigenvalue weighted by Gasteiger charge is 2.13. The van der Waals surface area contributed by atoms with E-state index < -0.39 is 0 Å². The highest BCUT2D eigenvalue weighted by atomic mass is 14.8. The maximum atomic E-state index is 6.42. The second kappa shape index (κ2) is 5.43. The molecule has 0 aliphatic rings. The molecule has 1 unspecified atom stereocenters. The van der Waals surface area contributed by atoms with Gasteiger partial charge in [-0.15, -0.1) is 0 Å². The van der Waals surface area contributed by atoms with E-state index in [1.165, 1.54) is 16.3 Å². The molecule has 0 amide bonds. The van der Waals surface area contributed by atoms with Gasteiger partial charge in [-0.25, -0.2) is 0 Å². The summed E-state index contributed by atoms with van der Waals surface area (Å²) < 4.78 is 0. The summed E-state index contributed by atoms with van der Waals surface area (Å²) in [7, 11) is 0. The Kier molecular flexibility index (Phi) is 3.48. The monoisotopic (exact) mass is 262 g/mol. The summed E-state index contributed by atoms with van der Waals surface area (Å²) in [6, 6.07) is 18.6. The highest BCUT2D eigenvalue weighted by molar-refractivity contribution is 5.83. The number of rotatable bonds is 3. The minimum atomic E-state index is -0.171. The van der Waals surface area contributed by atoms with Crippen LogP contribution >= 0.6 is 0 Å². The molecule has 0 radical (unpaired) electrons. The Morgan fingerprint density at radius 3 is 2.60 bits per heavy atom. The van der Waals surface area contributed by atoms with Crippen molar-refractivity contribution in [2.45, 2.75) is 19.4 Å². The molecule has 3 aromatic rings. The number of aryl methyl sites for hydroxylation is 1. The first-order valence-electron chi connectivity index (χ1n) is 6.97. The zero-order chi connectivity index (χ0) is 13.9. The van der Waals surface area contributed by atoms with Gasteiger partial charge in [-0.1, -0.05) is 49.4 Å². The Labute approximate surface area is 119 Å². The number of aromatic nitrogens is 1. The van der Waals surface area contributed by atoms with Crippen LogP contribution in [0.3, 0.4) is 0 Å². The van der Waals surface area contributed by atoms with E-state index in [1.807, 2.05) is 12.3 Å². The van der Waals surface area contributed by atoms with E-state index in [-0.39, 0.29) is 6.04 Å². The lowest BCUT2D eigenvalue weighted by atomic mass is 9.97. The van der Waals surface area contributed by atoms with Gasteiger partial charge in [0.1, 0.15) is 0 Å². The van der Waals surface area contributed by atoms with E-state index in [2.05, 4.69) is 60.4 Å². The topological polar surface area (TPSA) is 38.9 Å². The molecular formula is C18H18N2. The van der Waals surface area contributed by atoms with Crippen LogP contribution in [0.15, 0.2) is 60.8 Å². The van der Waals surface area contributed by atoms with Gasteiger partial charge in [0, 0.05) is 6.20 Å². The summed E-state index contributed by atoms with van der Waals surface area (Å²) in [6.07, 6.45) is 2.76. The second-order valence-corrected chi connectivity index (χ2v) is 4.99. The van der Waals surface area contributed by atoms with Gasteiger partial charge in [-0.2, -0.15) is 0 Å². The molecule has 2 N–H and O–H groups in total. The molecule has 0 aliphatic heterocycles. The van der Waals surface area contributed by atoms with Gasteiger partial charge < -0.3 is 5.73 Å². The van der Waals surface area contributed by atoms with Crippen molar-refractivity contribution < 1.29 is 0 Å². The van der Waals surface area contributed by atoms with E-state index in [0.29, 0.717) is 0 Å². The van der Waals surface area contributed by atoms with Crippen molar-refractivity contribution in [3.05, 3.63) is 77.6 Å². The van der Waals surface area contributed by atoms with Crippen LogP contribution in [0, 0.1) is 0 Å². The molecule has 0 bridgehead atoms. The lowest BCUT2D eigenvalue weighted by molar-refractivity contribution is 0.807. The van der Waals surface area contributed by atoms with Crippen molar-refractivity contribution in [3.63, 3.8) is 0 Å². The molecule has 0 saturated carbocycles. The van der Waals surface area contributed by atoms with E-state index >= 15 is 0 Å². The predicted octanol–water partition coefficient (Wildman–Crippen LogP) is 3.85. The maximum absolute atomic E-state index is 6.42. The van der Waals surface area contributed by atoms with Crippen LogP contribution in [-0.4, -0.2) is 4.98 Å². The van der Waals surface area contributed by atoms with Gasteiger partial charge in [0.05, 0.1) is 11.7 Å². The van der Waals surface area contributed by atoms with E-state index in [4.69, 9.17) is 5.73 Å². The molecule has 2 nitrogen and oxygen atoms in total. The fourth-order valence-corrected chi connectivity index (χ4v) is 2.59. The Balaban J connectivity index is 2.05. The summed E-state index contributed by atoms with van der Waals surface area (Å²) in [5.74, 6) is 0. The Bertz CT molecular complexity index is 734. The smallest absolute Gasteiger partial charge is 0.0729 e. The minimum Gasteiger partial charge on any atom is -0.319 e. The summed E-state index contributed by atoms with van der Waals surface area (Å²) in [5, 5.41) is 2.45. The van der Waals surface area contributed by atoms with Crippen LogP contribution < -0.4 is 5.73 Å². The van der Waals surface area contributed by atoms with Gasteiger partial charge in [0.2, 0.25) is 0 Å². The van der Waals surface area contributed by atoms with Crippen LogP contribution in [0.5, 0.6) is 0 Å². The van der Waals surface area contributed by atoms with Gasteiger partial charge in [-0.3, -0.25) is 4.98 Å². The van der Waals surface area contributed by atoms with Crippen LogP contribution in [0.4, 0.5) is 0 Å². The molecule has 3 rings (SSSR count). The van der Waals surface area contributed by atoms with Crippen LogP contribution in [0.25, 0.3) is 10.8 Å². The molecular weight excluding hydrogens is 244 g/mol. The summed E-state index contributed by atoms with van der Waals surface area (Å²) in [6.45, 7) is 2.13. The predicted molar refractivity (Wildman–Crippen MR) is 83.6 cm³/mol. The number of pyridine rings is 1. The molecule has 1 heterocycles. The van der Waals surface area contributed by atoms with Crippen molar-refractivity contribution in [2.24, 2.45) is 5.73 Å². The molecule has 2 heteroatoms. The fraction of sp³-hybridized carbons (Fsp3) is 0.167. The SMILES string of the molecule is CCc1cccnc1C(N)c1ccc2ccccc2c1. The quantitative estimate of drug-likeness (QED) is 0.778. The third kappa shape index (κ3) is 2.30. The Morgan fingerprint density at radius 1 is 1.00 bits per heavy atom. The summed E-state index contributed by atoms with van der Waals surface area (Å²) in [5.41, 5.74) is 9.72. The number of fused-ring (bicyclic) bond motifs is 1. The molecule has 0 spiro atoms. The van der Waals surface area contributed by atoms with Crippen molar-refractivity contribution in [1.82, 2.24) is 4.98 Å². The highest BCUT2D eigenvalue weighted by Crippen LogP contribution is 2.24.